The standard InChI is InChI=1S/C11H15N3O4/c1-6(2)13-9(15)5-7(12)11(13)8-3-4-10(18-8)14(16)17/h3-4,6-7,11H,5,12H2,1-2H3. The van der Waals surface area contributed by atoms with Gasteiger partial charge in [-0.1, -0.05) is 0 Å². The van der Waals surface area contributed by atoms with Crippen LogP contribution in [0.4, 0.5) is 5.88 Å². The van der Waals surface area contributed by atoms with Crippen molar-refractivity contribution < 1.29 is 14.1 Å². The van der Waals surface area contributed by atoms with E-state index >= 15 is 0 Å². The van der Waals surface area contributed by atoms with Crippen molar-refractivity contribution in [2.45, 2.75) is 38.4 Å². The van der Waals surface area contributed by atoms with E-state index in [4.69, 9.17) is 10.2 Å². The Morgan fingerprint density at radius 3 is 2.72 bits per heavy atom. The first-order valence-corrected chi connectivity index (χ1v) is 5.72. The third-order valence-electron chi connectivity index (χ3n) is 3.04. The Labute approximate surface area is 104 Å². The molecule has 0 aliphatic carbocycles. The summed E-state index contributed by atoms with van der Waals surface area (Å²) in [5, 5.41) is 10.6. The van der Waals surface area contributed by atoms with Crippen LogP contribution < -0.4 is 5.73 Å². The number of nitrogens with two attached hydrogens (primary N) is 1. The fourth-order valence-corrected chi connectivity index (χ4v) is 2.34. The zero-order chi connectivity index (χ0) is 13.4. The van der Waals surface area contributed by atoms with E-state index in [1.807, 2.05) is 13.8 Å². The number of rotatable bonds is 3. The van der Waals surface area contributed by atoms with E-state index in [-0.39, 0.29) is 24.3 Å². The van der Waals surface area contributed by atoms with Crippen molar-refractivity contribution in [3.63, 3.8) is 0 Å². The zero-order valence-corrected chi connectivity index (χ0v) is 10.2. The molecule has 2 rings (SSSR count). The maximum atomic E-state index is 11.8. The van der Waals surface area contributed by atoms with Crippen molar-refractivity contribution in [3.05, 3.63) is 28.0 Å². The van der Waals surface area contributed by atoms with Crippen LogP contribution >= 0.6 is 0 Å². The number of nitro groups is 1. The molecule has 2 atom stereocenters. The Bertz CT molecular complexity index is 482. The normalized spacial score (nSPS) is 24.0. The molecule has 7 nitrogen and oxygen atoms in total. The SMILES string of the molecule is CC(C)N1C(=O)CC(N)C1c1ccc([N+](=O)[O-])o1. The minimum absolute atomic E-state index is 0.0276. The van der Waals surface area contributed by atoms with Crippen LogP contribution in [-0.2, 0) is 4.79 Å². The molecule has 0 saturated carbocycles. The second-order valence-corrected chi connectivity index (χ2v) is 4.64. The molecular formula is C11H15N3O4. The molecule has 1 aromatic heterocycles. The number of hydrogen-bond donors (Lipinski definition) is 1. The van der Waals surface area contributed by atoms with Crippen LogP contribution in [0.3, 0.4) is 0 Å². The molecule has 0 aromatic carbocycles. The summed E-state index contributed by atoms with van der Waals surface area (Å²) in [6, 6.07) is 1.94. The van der Waals surface area contributed by atoms with Crippen molar-refractivity contribution in [2.75, 3.05) is 0 Å². The smallest absolute Gasteiger partial charge is 0.404 e. The van der Waals surface area contributed by atoms with Gasteiger partial charge < -0.3 is 15.1 Å². The molecule has 1 aliphatic rings. The lowest BCUT2D eigenvalue weighted by Crippen LogP contribution is -2.37. The fourth-order valence-electron chi connectivity index (χ4n) is 2.34. The van der Waals surface area contributed by atoms with E-state index < -0.39 is 17.0 Å². The van der Waals surface area contributed by atoms with E-state index in [1.54, 1.807) is 4.90 Å². The third kappa shape index (κ3) is 1.97. The van der Waals surface area contributed by atoms with Crippen LogP contribution in [0, 0.1) is 10.1 Å². The Morgan fingerprint density at radius 2 is 2.22 bits per heavy atom. The van der Waals surface area contributed by atoms with Gasteiger partial charge in [0.25, 0.3) is 0 Å². The van der Waals surface area contributed by atoms with Gasteiger partial charge in [-0.3, -0.25) is 14.9 Å². The minimum atomic E-state index is -0.606. The molecule has 2 N–H and O–H groups in total. The van der Waals surface area contributed by atoms with Gasteiger partial charge in [0.15, 0.2) is 0 Å². The largest absolute Gasteiger partial charge is 0.433 e. The molecule has 1 amide bonds. The molecule has 0 radical (unpaired) electrons. The number of furan rings is 1. The average molecular weight is 253 g/mol. The zero-order valence-electron chi connectivity index (χ0n) is 10.2. The fraction of sp³-hybridized carbons (Fsp3) is 0.545. The molecule has 18 heavy (non-hydrogen) atoms. The van der Waals surface area contributed by atoms with Crippen molar-refractivity contribution in [3.8, 4) is 0 Å². The number of carbonyl (C=O) groups excluding carboxylic acids is 1. The quantitative estimate of drug-likeness (QED) is 0.644. The average Bonchev–Trinajstić information content (AvgIpc) is 2.81. The first-order chi connectivity index (χ1) is 8.41. The van der Waals surface area contributed by atoms with Gasteiger partial charge in [0.1, 0.15) is 16.7 Å². The van der Waals surface area contributed by atoms with Gasteiger partial charge in [-0.05, 0) is 19.9 Å². The highest BCUT2D eigenvalue weighted by Gasteiger charge is 2.42. The molecule has 1 aromatic rings. The minimum Gasteiger partial charge on any atom is -0.404 e. The molecule has 2 unspecified atom stereocenters. The monoisotopic (exact) mass is 253 g/mol. The molecule has 1 aliphatic heterocycles. The highest BCUT2D eigenvalue weighted by molar-refractivity contribution is 5.80. The lowest BCUT2D eigenvalue weighted by molar-refractivity contribution is -0.402. The Balaban J connectivity index is 2.34. The van der Waals surface area contributed by atoms with Gasteiger partial charge in [0, 0.05) is 18.5 Å². The van der Waals surface area contributed by atoms with E-state index in [1.165, 1.54) is 12.1 Å². The van der Waals surface area contributed by atoms with Crippen LogP contribution in [0.1, 0.15) is 32.1 Å². The molecule has 0 bridgehead atoms. The van der Waals surface area contributed by atoms with E-state index in [0.717, 1.165) is 0 Å². The molecular weight excluding hydrogens is 238 g/mol. The molecule has 1 fully saturated rings. The summed E-state index contributed by atoms with van der Waals surface area (Å²) < 4.78 is 5.16. The second-order valence-electron chi connectivity index (χ2n) is 4.64. The van der Waals surface area contributed by atoms with Crippen molar-refractivity contribution >= 4 is 11.8 Å². The first kappa shape index (κ1) is 12.6. The Kier molecular flexibility index (Phi) is 3.08. The van der Waals surface area contributed by atoms with Crippen LogP contribution in [0.5, 0.6) is 0 Å². The third-order valence-corrected chi connectivity index (χ3v) is 3.04. The van der Waals surface area contributed by atoms with Crippen LogP contribution in [0.2, 0.25) is 0 Å². The predicted molar refractivity (Wildman–Crippen MR) is 62.7 cm³/mol. The van der Waals surface area contributed by atoms with E-state index in [9.17, 15) is 14.9 Å². The predicted octanol–water partition coefficient (Wildman–Crippen LogP) is 1.20. The topological polar surface area (TPSA) is 103 Å². The Morgan fingerprint density at radius 1 is 1.56 bits per heavy atom. The summed E-state index contributed by atoms with van der Waals surface area (Å²) in [5.74, 6) is -0.0180. The van der Waals surface area contributed by atoms with Crippen LogP contribution in [0.25, 0.3) is 0 Å². The summed E-state index contributed by atoms with van der Waals surface area (Å²) in [6.07, 6.45) is 0.233. The van der Waals surface area contributed by atoms with Gasteiger partial charge in [-0.2, -0.15) is 0 Å². The van der Waals surface area contributed by atoms with Gasteiger partial charge >= 0.3 is 5.88 Å². The van der Waals surface area contributed by atoms with Gasteiger partial charge in [-0.15, -0.1) is 0 Å². The summed E-state index contributed by atoms with van der Waals surface area (Å²) >= 11 is 0. The number of nitrogens with zero attached hydrogens (tertiary/aromatic N) is 2. The van der Waals surface area contributed by atoms with Crippen LogP contribution in [0.15, 0.2) is 16.5 Å². The summed E-state index contributed by atoms with van der Waals surface area (Å²) in [6.45, 7) is 3.75. The second kappa shape index (κ2) is 4.41. The molecule has 2 heterocycles. The maximum absolute atomic E-state index is 11.8. The molecule has 98 valence electrons. The van der Waals surface area contributed by atoms with Gasteiger partial charge in [0.2, 0.25) is 5.91 Å². The van der Waals surface area contributed by atoms with E-state index in [0.29, 0.717) is 5.76 Å². The highest BCUT2D eigenvalue weighted by Crippen LogP contribution is 2.35. The summed E-state index contributed by atoms with van der Waals surface area (Å²) in [7, 11) is 0. The van der Waals surface area contributed by atoms with Crippen LogP contribution in [-0.4, -0.2) is 27.8 Å². The van der Waals surface area contributed by atoms with Crippen molar-refractivity contribution in [1.29, 1.82) is 0 Å². The Hall–Kier alpha value is -1.89. The highest BCUT2D eigenvalue weighted by atomic mass is 16.6. The lowest BCUT2D eigenvalue weighted by Gasteiger charge is -2.28. The number of likely N-dealkylation sites (tertiary alicyclic amines) is 1. The number of hydrogen-bond acceptors (Lipinski definition) is 5. The summed E-state index contributed by atoms with van der Waals surface area (Å²) in [4.78, 5) is 23.4. The van der Waals surface area contributed by atoms with Crippen molar-refractivity contribution in [1.82, 2.24) is 4.90 Å². The van der Waals surface area contributed by atoms with Gasteiger partial charge in [0.05, 0.1) is 6.07 Å². The van der Waals surface area contributed by atoms with E-state index in [2.05, 4.69) is 0 Å². The molecule has 1 saturated heterocycles. The number of amides is 1. The van der Waals surface area contributed by atoms with Gasteiger partial charge in [-0.25, -0.2) is 0 Å². The van der Waals surface area contributed by atoms with Crippen molar-refractivity contribution in [2.24, 2.45) is 5.73 Å². The molecule has 7 heteroatoms. The molecule has 0 spiro atoms. The number of carbonyl (C=O) groups is 1. The first-order valence-electron chi connectivity index (χ1n) is 5.72. The summed E-state index contributed by atoms with van der Waals surface area (Å²) in [5.41, 5.74) is 5.92. The maximum Gasteiger partial charge on any atom is 0.433 e. The lowest BCUT2D eigenvalue weighted by atomic mass is 10.1.